The summed E-state index contributed by atoms with van der Waals surface area (Å²) in [7, 11) is 1.37. The Morgan fingerprint density at radius 2 is 1.29 bits per heavy atom. The Labute approximate surface area is 225 Å². The first-order valence-corrected chi connectivity index (χ1v) is 12.9. The highest BCUT2D eigenvalue weighted by Crippen LogP contribution is 2.45. The van der Waals surface area contributed by atoms with Gasteiger partial charge < -0.3 is 15.0 Å². The van der Waals surface area contributed by atoms with Crippen LogP contribution in [0.25, 0.3) is 0 Å². The normalized spacial score (nSPS) is 14.0. The van der Waals surface area contributed by atoms with Crippen LogP contribution in [0.5, 0.6) is 0 Å². The maximum Gasteiger partial charge on any atom is 0.310 e. The zero-order valence-electron chi connectivity index (χ0n) is 22.1. The first kappa shape index (κ1) is 26.7. The van der Waals surface area contributed by atoms with Crippen molar-refractivity contribution in [3.63, 3.8) is 0 Å². The zero-order chi connectivity index (χ0) is 27.0. The molecule has 0 fully saturated rings. The maximum absolute atomic E-state index is 13.9. The highest BCUT2D eigenvalue weighted by atomic mass is 16.5. The molecule has 5 heteroatoms. The number of hydrogen-bond donors (Lipinski definition) is 1. The summed E-state index contributed by atoms with van der Waals surface area (Å²) in [5, 5.41) is 3.02. The van der Waals surface area contributed by atoms with Crippen molar-refractivity contribution in [3.8, 4) is 0 Å². The Morgan fingerprint density at radius 1 is 0.789 bits per heavy atom. The van der Waals surface area contributed by atoms with Crippen LogP contribution >= 0.6 is 0 Å². The monoisotopic (exact) mass is 506 g/mol. The molecule has 38 heavy (non-hydrogen) atoms. The van der Waals surface area contributed by atoms with E-state index in [1.807, 2.05) is 104 Å². The Balaban J connectivity index is 1.88. The predicted molar refractivity (Wildman–Crippen MR) is 151 cm³/mol. The summed E-state index contributed by atoms with van der Waals surface area (Å²) < 4.78 is 4.98. The molecule has 194 valence electrons. The second-order valence-electron chi connectivity index (χ2n) is 9.54. The van der Waals surface area contributed by atoms with Crippen LogP contribution in [0.3, 0.4) is 0 Å². The van der Waals surface area contributed by atoms with Crippen LogP contribution in [0.1, 0.15) is 30.5 Å². The molecular weight excluding hydrogens is 472 g/mol. The fourth-order valence-electron chi connectivity index (χ4n) is 4.98. The summed E-state index contributed by atoms with van der Waals surface area (Å²) in [6, 6.07) is 30.6. The molecule has 0 aromatic heterocycles. The van der Waals surface area contributed by atoms with E-state index in [0.717, 1.165) is 16.7 Å². The van der Waals surface area contributed by atoms with Crippen molar-refractivity contribution in [2.24, 2.45) is 11.8 Å². The molecule has 4 rings (SSSR count). The SMILES string of the molecule is COC(=O)C(CNC(=O)C1=CC=CC=CN1C(c1ccccc1)(c1ccccc1)c1ccccc1)C(C)C. The van der Waals surface area contributed by atoms with Crippen LogP contribution < -0.4 is 5.32 Å². The van der Waals surface area contributed by atoms with Gasteiger partial charge in [0.05, 0.1) is 13.0 Å². The predicted octanol–water partition coefficient (Wildman–Crippen LogP) is 5.81. The number of rotatable bonds is 9. The molecule has 1 N–H and O–H groups in total. The van der Waals surface area contributed by atoms with E-state index in [-0.39, 0.29) is 24.3 Å². The van der Waals surface area contributed by atoms with Crippen molar-refractivity contribution in [2.45, 2.75) is 19.4 Å². The van der Waals surface area contributed by atoms with Gasteiger partial charge in [-0.25, -0.2) is 0 Å². The number of nitrogens with zero attached hydrogens (tertiary/aromatic N) is 1. The molecule has 5 nitrogen and oxygen atoms in total. The average molecular weight is 507 g/mol. The van der Waals surface area contributed by atoms with E-state index >= 15 is 0 Å². The molecule has 0 bridgehead atoms. The highest BCUT2D eigenvalue weighted by molar-refractivity contribution is 5.94. The summed E-state index contributed by atoms with van der Waals surface area (Å²) in [6.45, 7) is 4.07. The summed E-state index contributed by atoms with van der Waals surface area (Å²) in [4.78, 5) is 28.3. The lowest BCUT2D eigenvalue weighted by molar-refractivity contribution is -0.146. The Bertz CT molecular complexity index is 1220. The molecule has 1 atom stereocenters. The van der Waals surface area contributed by atoms with Crippen molar-refractivity contribution in [1.29, 1.82) is 0 Å². The van der Waals surface area contributed by atoms with Crippen molar-refractivity contribution >= 4 is 11.9 Å². The van der Waals surface area contributed by atoms with E-state index in [4.69, 9.17) is 4.74 Å². The van der Waals surface area contributed by atoms with Gasteiger partial charge in [0.1, 0.15) is 11.2 Å². The van der Waals surface area contributed by atoms with Gasteiger partial charge in [-0.2, -0.15) is 0 Å². The molecule has 0 saturated heterocycles. The zero-order valence-corrected chi connectivity index (χ0v) is 22.1. The number of esters is 1. The minimum absolute atomic E-state index is 0.0128. The quantitative estimate of drug-likeness (QED) is 0.294. The number of amides is 1. The van der Waals surface area contributed by atoms with Crippen molar-refractivity contribution in [1.82, 2.24) is 10.2 Å². The number of carbonyl (C=O) groups excluding carboxylic acids is 2. The summed E-state index contributed by atoms with van der Waals surface area (Å²) >= 11 is 0. The van der Waals surface area contributed by atoms with E-state index in [2.05, 4.69) is 41.7 Å². The minimum atomic E-state index is -0.852. The number of hydrogen-bond acceptors (Lipinski definition) is 4. The van der Waals surface area contributed by atoms with Gasteiger partial charge in [0.15, 0.2) is 0 Å². The highest BCUT2D eigenvalue weighted by Gasteiger charge is 2.44. The second kappa shape index (κ2) is 12.2. The molecule has 3 aromatic rings. The lowest BCUT2D eigenvalue weighted by Crippen LogP contribution is -2.48. The largest absolute Gasteiger partial charge is 0.469 e. The lowest BCUT2D eigenvalue weighted by Gasteiger charge is -2.45. The van der Waals surface area contributed by atoms with Gasteiger partial charge in [-0.05, 0) is 34.8 Å². The van der Waals surface area contributed by atoms with Gasteiger partial charge in [0.2, 0.25) is 0 Å². The molecule has 1 aliphatic heterocycles. The molecule has 0 spiro atoms. The molecule has 1 heterocycles. The fraction of sp³-hybridized carbons (Fsp3) is 0.212. The lowest BCUT2D eigenvalue weighted by atomic mass is 9.75. The molecule has 1 unspecified atom stereocenters. The van der Waals surface area contributed by atoms with E-state index in [1.165, 1.54) is 7.11 Å². The minimum Gasteiger partial charge on any atom is -0.469 e. The number of ether oxygens (including phenoxy) is 1. The van der Waals surface area contributed by atoms with Crippen LogP contribution in [-0.4, -0.2) is 30.4 Å². The number of carbonyl (C=O) groups is 2. The molecular formula is C33H34N2O3. The fourth-order valence-corrected chi connectivity index (χ4v) is 4.98. The van der Waals surface area contributed by atoms with Crippen LogP contribution in [0.15, 0.2) is 127 Å². The third-order valence-electron chi connectivity index (χ3n) is 6.93. The van der Waals surface area contributed by atoms with Crippen LogP contribution in [0.4, 0.5) is 0 Å². The molecule has 1 amide bonds. The van der Waals surface area contributed by atoms with E-state index < -0.39 is 11.5 Å². The number of allylic oxidation sites excluding steroid dienone is 4. The van der Waals surface area contributed by atoms with Crippen LogP contribution in [0, 0.1) is 11.8 Å². The van der Waals surface area contributed by atoms with Crippen LogP contribution in [-0.2, 0) is 19.9 Å². The summed E-state index contributed by atoms with van der Waals surface area (Å²) in [5.74, 6) is -1.04. The van der Waals surface area contributed by atoms with E-state index in [0.29, 0.717) is 5.70 Å². The number of benzene rings is 3. The van der Waals surface area contributed by atoms with Gasteiger partial charge >= 0.3 is 5.97 Å². The van der Waals surface area contributed by atoms with Gasteiger partial charge in [-0.15, -0.1) is 0 Å². The maximum atomic E-state index is 13.9. The van der Waals surface area contributed by atoms with Crippen LogP contribution in [0.2, 0.25) is 0 Å². The van der Waals surface area contributed by atoms with Gasteiger partial charge in [-0.1, -0.05) is 117 Å². The van der Waals surface area contributed by atoms with Crippen molar-refractivity contribution < 1.29 is 14.3 Å². The van der Waals surface area contributed by atoms with Crippen molar-refractivity contribution in [3.05, 3.63) is 144 Å². The molecule has 0 saturated carbocycles. The number of methoxy groups -OCH3 is 1. The summed E-state index contributed by atoms with van der Waals surface area (Å²) in [6.07, 6.45) is 9.47. The van der Waals surface area contributed by atoms with Gasteiger partial charge in [0, 0.05) is 12.7 Å². The Kier molecular flexibility index (Phi) is 8.59. The molecule has 0 radical (unpaired) electrons. The standard InChI is InChI=1S/C33H34N2O3/c1-25(2)29(32(37)38-3)24-34-31(36)30-22-14-7-15-23-35(30)33(26-16-8-4-9-17-26,27-18-10-5-11-19-27)28-20-12-6-13-21-28/h4-23,25,29H,24H2,1-3H3,(H,34,36). The Hall–Kier alpha value is -4.38. The third-order valence-corrected chi connectivity index (χ3v) is 6.93. The molecule has 1 aliphatic rings. The summed E-state index contributed by atoms with van der Waals surface area (Å²) in [5.41, 5.74) is 2.64. The van der Waals surface area contributed by atoms with E-state index in [9.17, 15) is 9.59 Å². The van der Waals surface area contributed by atoms with E-state index in [1.54, 1.807) is 0 Å². The number of nitrogens with one attached hydrogen (secondary N) is 1. The van der Waals surface area contributed by atoms with Crippen molar-refractivity contribution in [2.75, 3.05) is 13.7 Å². The topological polar surface area (TPSA) is 58.6 Å². The average Bonchev–Trinajstić information content (AvgIpc) is 3.21. The smallest absolute Gasteiger partial charge is 0.310 e. The second-order valence-corrected chi connectivity index (χ2v) is 9.54. The first-order valence-electron chi connectivity index (χ1n) is 12.9. The molecule has 3 aromatic carbocycles. The Morgan fingerprint density at radius 3 is 1.74 bits per heavy atom. The van der Waals surface area contributed by atoms with Gasteiger partial charge in [0.25, 0.3) is 5.91 Å². The van der Waals surface area contributed by atoms with Gasteiger partial charge in [-0.3, -0.25) is 9.59 Å². The molecule has 0 aliphatic carbocycles. The first-order chi connectivity index (χ1) is 18.5. The third kappa shape index (κ3) is 5.32.